The molecule has 0 aliphatic heterocycles. The van der Waals surface area contributed by atoms with Crippen molar-refractivity contribution >= 4 is 50.7 Å². The zero-order chi connectivity index (χ0) is 26.0. The van der Waals surface area contributed by atoms with Crippen molar-refractivity contribution in [2.45, 2.75) is 13.0 Å². The summed E-state index contributed by atoms with van der Waals surface area (Å²) in [6.45, 7) is 0.642. The van der Waals surface area contributed by atoms with Crippen molar-refractivity contribution in [3.8, 4) is 23.7 Å². The van der Waals surface area contributed by atoms with Crippen LogP contribution < -0.4 is 20.7 Å². The number of nitrogens with one attached hydrogen (secondary N) is 3. The van der Waals surface area contributed by atoms with Crippen LogP contribution in [0.15, 0.2) is 54.9 Å². The number of rotatable bonds is 8. The lowest BCUT2D eigenvalue weighted by atomic mass is 10.2. The Morgan fingerprint density at radius 1 is 1.16 bits per heavy atom. The fourth-order valence-corrected chi connectivity index (χ4v) is 4.34. The number of nitriles is 1. The van der Waals surface area contributed by atoms with E-state index in [1.54, 1.807) is 24.3 Å². The first-order chi connectivity index (χ1) is 18.0. The molecule has 0 saturated heterocycles. The van der Waals surface area contributed by atoms with Crippen molar-refractivity contribution in [2.75, 3.05) is 18.4 Å². The van der Waals surface area contributed by atoms with E-state index in [2.05, 4.69) is 37.8 Å². The molecule has 3 N–H and O–H groups in total. The molecule has 2 aromatic carbocycles. The molecule has 0 saturated carbocycles. The molecule has 0 unspecified atom stereocenters. The summed E-state index contributed by atoms with van der Waals surface area (Å²) in [5, 5.41) is 17.3. The number of urea groups is 1. The summed E-state index contributed by atoms with van der Waals surface area (Å²) in [6.07, 6.45) is 1.71. The van der Waals surface area contributed by atoms with Crippen molar-refractivity contribution in [1.29, 1.82) is 5.26 Å². The summed E-state index contributed by atoms with van der Waals surface area (Å²) < 4.78 is 19.9. The lowest BCUT2D eigenvalue weighted by Crippen LogP contribution is -2.36. The number of nitrogens with zero attached hydrogens (tertiary/aromatic N) is 3. The number of benzene rings is 2. The minimum Gasteiger partial charge on any atom is -0.487 e. The van der Waals surface area contributed by atoms with E-state index in [9.17, 15) is 9.18 Å². The van der Waals surface area contributed by atoms with Crippen LogP contribution in [-0.2, 0) is 6.61 Å². The van der Waals surface area contributed by atoms with E-state index in [1.165, 1.54) is 29.8 Å². The second-order valence-electron chi connectivity index (χ2n) is 7.56. The number of halogens is 2. The van der Waals surface area contributed by atoms with Gasteiger partial charge >= 0.3 is 6.03 Å². The molecule has 0 bridgehead atoms. The van der Waals surface area contributed by atoms with Crippen LogP contribution in [0.25, 0.3) is 10.2 Å². The Morgan fingerprint density at radius 2 is 2.05 bits per heavy atom. The van der Waals surface area contributed by atoms with Gasteiger partial charge < -0.3 is 20.7 Å². The van der Waals surface area contributed by atoms with Crippen molar-refractivity contribution in [1.82, 2.24) is 20.6 Å². The van der Waals surface area contributed by atoms with Gasteiger partial charge in [0, 0.05) is 12.2 Å². The first-order valence-electron chi connectivity index (χ1n) is 11.1. The van der Waals surface area contributed by atoms with E-state index in [1.807, 2.05) is 18.2 Å². The first kappa shape index (κ1) is 25.7. The van der Waals surface area contributed by atoms with Gasteiger partial charge in [-0.2, -0.15) is 5.26 Å². The van der Waals surface area contributed by atoms with Gasteiger partial charge in [-0.25, -0.2) is 19.2 Å². The minimum atomic E-state index is -0.373. The van der Waals surface area contributed by atoms with Crippen LogP contribution in [0.3, 0.4) is 0 Å². The first-order valence-corrected chi connectivity index (χ1v) is 12.3. The monoisotopic (exact) mass is 534 g/mol. The molecular formula is C26H20ClFN6O2S. The maximum absolute atomic E-state index is 13.4. The molecule has 2 heterocycles. The number of anilines is 2. The van der Waals surface area contributed by atoms with Gasteiger partial charge in [0.15, 0.2) is 5.82 Å². The van der Waals surface area contributed by atoms with Gasteiger partial charge in [0.2, 0.25) is 0 Å². The van der Waals surface area contributed by atoms with E-state index in [0.29, 0.717) is 27.8 Å². The molecule has 8 nitrogen and oxygen atoms in total. The van der Waals surface area contributed by atoms with Crippen molar-refractivity contribution in [3.05, 3.63) is 76.1 Å². The lowest BCUT2D eigenvalue weighted by molar-refractivity contribution is 0.242. The number of hydrogen-bond donors (Lipinski definition) is 3. The molecular weight excluding hydrogens is 515 g/mol. The third kappa shape index (κ3) is 7.31. The molecule has 186 valence electrons. The molecule has 0 atom stereocenters. The Hall–Kier alpha value is -4.38. The standard InChI is InChI=1S/C26H20ClFN6O2S/c27-21-13-19(7-8-23(21)36-15-17-4-1-5-18(28)12-17)34-25-24-22(32-16-33-25)14-20(37-24)6-2-10-30-26(35)31-11-3-9-29/h1,4-5,7-8,12-14,16H,3,10-11,15H2,(H2,30,31,35)(H,32,33,34). The molecule has 4 rings (SSSR count). The number of amides is 2. The quantitative estimate of drug-likeness (QED) is 0.207. The van der Waals surface area contributed by atoms with E-state index < -0.39 is 0 Å². The maximum atomic E-state index is 13.4. The SMILES string of the molecule is N#CCCNC(=O)NCC#Cc1cc2ncnc(Nc3ccc(OCc4cccc(F)c4)c(Cl)c3)c2s1. The summed E-state index contributed by atoms with van der Waals surface area (Å²) in [7, 11) is 0. The van der Waals surface area contributed by atoms with Crippen molar-refractivity contribution in [2.24, 2.45) is 0 Å². The van der Waals surface area contributed by atoms with Crippen LogP contribution in [0.1, 0.15) is 16.9 Å². The van der Waals surface area contributed by atoms with Gasteiger partial charge in [-0.3, -0.25) is 0 Å². The average Bonchev–Trinajstić information content (AvgIpc) is 3.30. The predicted molar refractivity (Wildman–Crippen MR) is 141 cm³/mol. The number of carbonyl (C=O) groups excluding carboxylic acids is 1. The highest BCUT2D eigenvalue weighted by Crippen LogP contribution is 2.33. The second kappa shape index (κ2) is 12.5. The van der Waals surface area contributed by atoms with Gasteiger partial charge in [0.25, 0.3) is 0 Å². The highest BCUT2D eigenvalue weighted by atomic mass is 35.5. The Kier molecular flexibility index (Phi) is 8.71. The van der Waals surface area contributed by atoms with E-state index in [4.69, 9.17) is 21.6 Å². The number of hydrogen-bond acceptors (Lipinski definition) is 7. The molecule has 2 aromatic heterocycles. The van der Waals surface area contributed by atoms with Gasteiger partial charge in [0.1, 0.15) is 24.5 Å². The Bertz CT molecular complexity index is 1530. The zero-order valence-electron chi connectivity index (χ0n) is 19.3. The van der Waals surface area contributed by atoms with Crippen LogP contribution >= 0.6 is 22.9 Å². The Morgan fingerprint density at radius 3 is 2.86 bits per heavy atom. The van der Waals surface area contributed by atoms with Crippen LogP contribution in [0.4, 0.5) is 20.7 Å². The molecule has 0 spiro atoms. The number of ether oxygens (including phenoxy) is 1. The number of carbonyl (C=O) groups is 1. The molecule has 37 heavy (non-hydrogen) atoms. The van der Waals surface area contributed by atoms with Gasteiger partial charge in [-0.05, 0) is 42.0 Å². The number of thiophene rings is 1. The zero-order valence-corrected chi connectivity index (χ0v) is 20.9. The largest absolute Gasteiger partial charge is 0.487 e. The Balaban J connectivity index is 1.39. The highest BCUT2D eigenvalue weighted by Gasteiger charge is 2.10. The maximum Gasteiger partial charge on any atom is 0.315 e. The highest BCUT2D eigenvalue weighted by molar-refractivity contribution is 7.20. The lowest BCUT2D eigenvalue weighted by Gasteiger charge is -2.11. The van der Waals surface area contributed by atoms with Crippen LogP contribution in [0.2, 0.25) is 5.02 Å². The summed E-state index contributed by atoms with van der Waals surface area (Å²) in [4.78, 5) is 21.0. The minimum absolute atomic E-state index is 0.162. The smallest absolute Gasteiger partial charge is 0.315 e. The van der Waals surface area contributed by atoms with Crippen LogP contribution in [0.5, 0.6) is 5.75 Å². The average molecular weight is 535 g/mol. The number of aromatic nitrogens is 2. The summed E-state index contributed by atoms with van der Waals surface area (Å²) in [5.74, 6) is 6.66. The van der Waals surface area contributed by atoms with E-state index in [-0.39, 0.29) is 38.0 Å². The van der Waals surface area contributed by atoms with E-state index in [0.717, 1.165) is 15.1 Å². The third-order valence-corrected chi connectivity index (χ3v) is 6.20. The van der Waals surface area contributed by atoms with Crippen LogP contribution in [0, 0.1) is 29.0 Å². The molecule has 0 aliphatic rings. The molecule has 2 amide bonds. The normalized spacial score (nSPS) is 10.2. The molecule has 0 fully saturated rings. The third-order valence-electron chi connectivity index (χ3n) is 4.86. The fraction of sp³-hybridized carbons (Fsp3) is 0.154. The van der Waals surface area contributed by atoms with Crippen molar-refractivity contribution in [3.63, 3.8) is 0 Å². The summed E-state index contributed by atoms with van der Waals surface area (Å²) >= 11 is 7.83. The van der Waals surface area contributed by atoms with Gasteiger partial charge in [-0.1, -0.05) is 35.6 Å². The second-order valence-corrected chi connectivity index (χ2v) is 9.01. The fourth-order valence-electron chi connectivity index (χ4n) is 3.18. The summed E-state index contributed by atoms with van der Waals surface area (Å²) in [6, 6.07) is 14.9. The predicted octanol–water partition coefficient (Wildman–Crippen LogP) is 5.37. The van der Waals surface area contributed by atoms with E-state index >= 15 is 0 Å². The molecule has 11 heteroatoms. The molecule has 0 radical (unpaired) electrons. The van der Waals surface area contributed by atoms with Crippen LogP contribution in [-0.4, -0.2) is 29.1 Å². The molecule has 4 aromatic rings. The van der Waals surface area contributed by atoms with Crippen molar-refractivity contribution < 1.29 is 13.9 Å². The van der Waals surface area contributed by atoms with Gasteiger partial charge in [-0.15, -0.1) is 11.3 Å². The Labute approximate surface area is 221 Å². The van der Waals surface area contributed by atoms with Gasteiger partial charge in [0.05, 0.1) is 39.2 Å². The topological polar surface area (TPSA) is 112 Å². The molecule has 0 aliphatic carbocycles. The summed E-state index contributed by atoms with van der Waals surface area (Å²) in [5.41, 5.74) is 2.14. The number of fused-ring (bicyclic) bond motifs is 1.